The zero-order valence-electron chi connectivity index (χ0n) is 36.6. The van der Waals surface area contributed by atoms with Crippen LogP contribution in [-0.4, -0.2) is 18.3 Å². The number of fused-ring (bicyclic) bond motifs is 4. The van der Waals surface area contributed by atoms with E-state index in [1.165, 1.54) is 107 Å². The third kappa shape index (κ3) is 7.62. The number of rotatable bonds is 11. The molecule has 6 aromatic carbocycles. The Labute approximate surface area is 367 Å². The molecule has 4 aliphatic carbocycles. The molecule has 62 heavy (non-hydrogen) atoms. The Hall–Kier alpha value is -5.68. The molecule has 0 spiro atoms. The number of hydrogen-bond acceptors (Lipinski definition) is 5. The molecule has 0 fully saturated rings. The Bertz CT molecular complexity index is 2620. The van der Waals surface area contributed by atoms with Crippen LogP contribution in [0.3, 0.4) is 0 Å². The van der Waals surface area contributed by atoms with Gasteiger partial charge in [-0.15, -0.1) is 4.91 Å². The summed E-state index contributed by atoms with van der Waals surface area (Å²) in [4.78, 5) is 13.0. The highest BCUT2D eigenvalue weighted by molar-refractivity contribution is 5.93. The molecule has 5 heteroatoms. The normalized spacial score (nSPS) is 15.5. The lowest BCUT2D eigenvalue weighted by molar-refractivity contribution is 0.248. The number of ether oxygens (including phenoxy) is 2. The van der Waals surface area contributed by atoms with Gasteiger partial charge < -0.3 is 14.6 Å². The molecule has 0 saturated heterocycles. The molecule has 1 N–H and O–H groups in total. The summed E-state index contributed by atoms with van der Waals surface area (Å²) < 4.78 is 13.1. The van der Waals surface area contributed by atoms with Crippen LogP contribution >= 0.6 is 0 Å². The van der Waals surface area contributed by atoms with Gasteiger partial charge in [-0.05, 0) is 225 Å². The summed E-state index contributed by atoms with van der Waals surface area (Å²) in [5.74, 6) is 1.82. The lowest BCUT2D eigenvalue weighted by Crippen LogP contribution is -2.13. The molecule has 0 radical (unpaired) electrons. The maximum atomic E-state index is 13.0. The van der Waals surface area contributed by atoms with E-state index in [0.29, 0.717) is 31.1 Å². The number of benzene rings is 6. The van der Waals surface area contributed by atoms with Crippen LogP contribution in [0.1, 0.15) is 113 Å². The van der Waals surface area contributed by atoms with E-state index in [1.807, 2.05) is 36.4 Å². The van der Waals surface area contributed by atoms with Crippen LogP contribution in [0.25, 0.3) is 44.5 Å². The van der Waals surface area contributed by atoms with Crippen LogP contribution in [0.15, 0.2) is 90.1 Å². The summed E-state index contributed by atoms with van der Waals surface area (Å²) in [5, 5.41) is 16.1. The van der Waals surface area contributed by atoms with E-state index in [0.717, 1.165) is 107 Å². The highest BCUT2D eigenvalue weighted by atomic mass is 16.5. The summed E-state index contributed by atoms with van der Waals surface area (Å²) in [6.45, 7) is 5.14. The molecule has 0 heterocycles. The van der Waals surface area contributed by atoms with Gasteiger partial charge in [-0.1, -0.05) is 48.5 Å². The van der Waals surface area contributed by atoms with Crippen LogP contribution in [0.4, 0.5) is 5.69 Å². The number of aryl methyl sites for hydroxylation is 6. The van der Waals surface area contributed by atoms with E-state index < -0.39 is 0 Å². The highest BCUT2D eigenvalue weighted by Gasteiger charge is 2.28. The first-order chi connectivity index (χ1) is 30.5. The molecule has 0 unspecified atom stereocenters. The van der Waals surface area contributed by atoms with Crippen molar-refractivity contribution in [3.05, 3.63) is 145 Å². The Balaban J connectivity index is 0.901. The van der Waals surface area contributed by atoms with Crippen molar-refractivity contribution in [2.45, 2.75) is 123 Å². The van der Waals surface area contributed by atoms with Crippen molar-refractivity contribution in [1.82, 2.24) is 0 Å². The number of phenolic OH excluding ortho intramolecular Hbond substituents is 1. The second kappa shape index (κ2) is 17.6. The molecule has 10 rings (SSSR count). The molecule has 0 saturated carbocycles. The van der Waals surface area contributed by atoms with Gasteiger partial charge in [-0.25, -0.2) is 0 Å². The van der Waals surface area contributed by atoms with Gasteiger partial charge in [0, 0.05) is 39.8 Å². The van der Waals surface area contributed by atoms with Crippen molar-refractivity contribution in [2.75, 3.05) is 13.2 Å². The summed E-state index contributed by atoms with van der Waals surface area (Å²) >= 11 is 0. The van der Waals surface area contributed by atoms with Crippen LogP contribution in [0, 0.1) is 18.8 Å². The lowest BCUT2D eigenvalue weighted by Gasteiger charge is -2.28. The summed E-state index contributed by atoms with van der Waals surface area (Å²) in [7, 11) is 0. The van der Waals surface area contributed by atoms with Crippen LogP contribution < -0.4 is 9.47 Å². The number of phenols is 1. The molecule has 0 aromatic heterocycles. The van der Waals surface area contributed by atoms with Gasteiger partial charge >= 0.3 is 0 Å². The van der Waals surface area contributed by atoms with Crippen molar-refractivity contribution >= 4 is 5.69 Å². The predicted molar refractivity (Wildman–Crippen MR) is 253 cm³/mol. The van der Waals surface area contributed by atoms with Gasteiger partial charge in [0.05, 0.1) is 13.2 Å². The number of aromatic hydroxyl groups is 1. The van der Waals surface area contributed by atoms with Gasteiger partial charge in [0.1, 0.15) is 22.9 Å². The first-order valence-electron chi connectivity index (χ1n) is 23.6. The van der Waals surface area contributed by atoms with Crippen LogP contribution in [-0.2, 0) is 51.4 Å². The molecule has 316 valence electrons. The maximum Gasteiger partial charge on any atom is 0.131 e. The second-order valence-corrected chi connectivity index (χ2v) is 18.4. The minimum Gasteiger partial charge on any atom is -0.507 e. The molecule has 0 aliphatic heterocycles. The van der Waals surface area contributed by atoms with Crippen LogP contribution in [0.2, 0.25) is 0 Å². The average Bonchev–Trinajstić information content (AvgIpc) is 3.30. The predicted octanol–water partition coefficient (Wildman–Crippen LogP) is 14.4. The number of nitroso groups, excluding NO2 is 1. The van der Waals surface area contributed by atoms with E-state index in [2.05, 4.69) is 67.6 Å². The molecule has 0 atom stereocenters. The molecule has 6 aromatic rings. The fourth-order valence-electron chi connectivity index (χ4n) is 11.4. The van der Waals surface area contributed by atoms with Crippen molar-refractivity contribution < 1.29 is 14.6 Å². The zero-order valence-corrected chi connectivity index (χ0v) is 36.6. The smallest absolute Gasteiger partial charge is 0.131 e. The minimum absolute atomic E-state index is 0.342. The second-order valence-electron chi connectivity index (χ2n) is 18.4. The standard InChI is InChI=1S/C57H59NO4/c1-36-30-48(56(58-60)50(32-36)54-42-20-7-3-16-38(42)34-39-17-4-8-21-43(39)54)46-24-11-13-26-52(46)61-28-15-29-62-53-27-14-12-25-47(53)49-31-37(2)33-51(57(49)59)55-44-22-9-5-18-40(44)35-41-19-6-10-23-45(41)55/h11-14,24-27,30-35,59H,3-10,15-23,28-29H2,1-2H3. The summed E-state index contributed by atoms with van der Waals surface area (Å²) in [6, 6.07) is 29.7. The van der Waals surface area contributed by atoms with E-state index in [9.17, 15) is 10.0 Å². The molecule has 4 aliphatic rings. The Morgan fingerprint density at radius 1 is 0.468 bits per heavy atom. The van der Waals surface area contributed by atoms with E-state index >= 15 is 0 Å². The van der Waals surface area contributed by atoms with Gasteiger partial charge in [0.25, 0.3) is 0 Å². The number of para-hydroxylation sites is 2. The quantitative estimate of drug-likeness (QED) is 0.104. The number of nitrogens with zero attached hydrogens (tertiary/aromatic N) is 1. The molecule has 0 bridgehead atoms. The fourth-order valence-corrected chi connectivity index (χ4v) is 11.4. The third-order valence-corrected chi connectivity index (χ3v) is 14.2. The fraction of sp³-hybridized carbons (Fsp3) is 0.368. The van der Waals surface area contributed by atoms with Crippen LogP contribution in [0.5, 0.6) is 17.2 Å². The van der Waals surface area contributed by atoms with Crippen molar-refractivity contribution in [1.29, 1.82) is 0 Å². The summed E-state index contributed by atoms with van der Waals surface area (Å²) in [5.41, 5.74) is 22.3. The van der Waals surface area contributed by atoms with Gasteiger partial charge in [-0.2, -0.15) is 0 Å². The van der Waals surface area contributed by atoms with Crippen molar-refractivity contribution in [3.63, 3.8) is 0 Å². The Morgan fingerprint density at radius 2 is 0.855 bits per heavy atom. The zero-order chi connectivity index (χ0) is 42.2. The highest BCUT2D eigenvalue weighted by Crippen LogP contribution is 2.50. The number of hydrogen-bond donors (Lipinski definition) is 1. The largest absolute Gasteiger partial charge is 0.507 e. The van der Waals surface area contributed by atoms with Crippen molar-refractivity contribution in [3.8, 4) is 61.8 Å². The van der Waals surface area contributed by atoms with E-state index in [-0.39, 0.29) is 0 Å². The van der Waals surface area contributed by atoms with E-state index in [4.69, 9.17) is 9.47 Å². The molecular formula is C57H59NO4. The molecule has 0 amide bonds. The first kappa shape index (κ1) is 40.4. The van der Waals surface area contributed by atoms with Gasteiger partial charge in [0.2, 0.25) is 0 Å². The average molecular weight is 822 g/mol. The van der Waals surface area contributed by atoms with E-state index in [1.54, 1.807) is 0 Å². The first-order valence-corrected chi connectivity index (χ1v) is 23.6. The third-order valence-electron chi connectivity index (χ3n) is 14.2. The van der Waals surface area contributed by atoms with Crippen molar-refractivity contribution in [2.24, 2.45) is 5.18 Å². The Morgan fingerprint density at radius 3 is 1.34 bits per heavy atom. The lowest BCUT2D eigenvalue weighted by atomic mass is 9.76. The van der Waals surface area contributed by atoms with Gasteiger partial charge in [0.15, 0.2) is 0 Å². The summed E-state index contributed by atoms with van der Waals surface area (Å²) in [6.07, 6.45) is 19.1. The Kier molecular flexibility index (Phi) is 11.5. The molecular weight excluding hydrogens is 763 g/mol. The van der Waals surface area contributed by atoms with Gasteiger partial charge in [-0.3, -0.25) is 0 Å². The SMILES string of the molecule is Cc1cc(-c2ccccc2OCCCOc2ccccc2-c2cc(C)cc(-c3c4c(cc5c3CCCC5)CCCC4)c2N=O)c(O)c(-c2c3c(cc4c2CCCC4)CCCC3)c1. The molecule has 5 nitrogen and oxygen atoms in total. The minimum atomic E-state index is 0.342. The maximum absolute atomic E-state index is 13.0. The monoisotopic (exact) mass is 821 g/mol. The topological polar surface area (TPSA) is 68.1 Å².